The third kappa shape index (κ3) is 4.76. The fourth-order valence-electron chi connectivity index (χ4n) is 4.11. The van der Waals surface area contributed by atoms with Crippen molar-refractivity contribution in [2.24, 2.45) is 0 Å². The highest BCUT2D eigenvalue weighted by Crippen LogP contribution is 2.29. The van der Waals surface area contributed by atoms with Gasteiger partial charge in [-0.05, 0) is 60.4 Å². The highest BCUT2D eigenvalue weighted by molar-refractivity contribution is 6.23. The molecule has 3 aromatic rings. The molecule has 1 aliphatic heterocycles. The Morgan fingerprint density at radius 3 is 2.18 bits per heavy atom. The van der Waals surface area contributed by atoms with Gasteiger partial charge in [-0.15, -0.1) is 0 Å². The van der Waals surface area contributed by atoms with Crippen molar-refractivity contribution in [3.8, 4) is 0 Å². The second kappa shape index (κ2) is 9.59. The topological polar surface area (TPSA) is 57.7 Å². The van der Waals surface area contributed by atoms with Gasteiger partial charge in [0.05, 0.1) is 12.1 Å². The molecule has 6 heteroatoms. The van der Waals surface area contributed by atoms with Crippen molar-refractivity contribution in [3.05, 3.63) is 101 Å². The average molecular weight is 459 g/mol. The van der Waals surface area contributed by atoms with E-state index in [2.05, 4.69) is 13.8 Å². The van der Waals surface area contributed by atoms with Crippen molar-refractivity contribution >= 4 is 23.4 Å². The Morgan fingerprint density at radius 1 is 0.971 bits per heavy atom. The fourth-order valence-corrected chi connectivity index (χ4v) is 4.11. The van der Waals surface area contributed by atoms with Gasteiger partial charge in [0, 0.05) is 12.1 Å². The van der Waals surface area contributed by atoms with Crippen LogP contribution in [0.5, 0.6) is 0 Å². The molecular formula is C28H27FN2O3. The molecule has 1 fully saturated rings. The van der Waals surface area contributed by atoms with E-state index in [0.717, 1.165) is 21.6 Å². The van der Waals surface area contributed by atoms with Crippen LogP contribution in [-0.4, -0.2) is 28.7 Å². The molecule has 174 valence electrons. The van der Waals surface area contributed by atoms with E-state index in [4.69, 9.17) is 0 Å². The summed E-state index contributed by atoms with van der Waals surface area (Å²) in [5, 5.41) is 0. The third-order valence-electron chi connectivity index (χ3n) is 6.14. The molecule has 3 aromatic carbocycles. The Morgan fingerprint density at radius 2 is 1.59 bits per heavy atom. The van der Waals surface area contributed by atoms with E-state index in [1.165, 1.54) is 29.2 Å². The lowest BCUT2D eigenvalue weighted by atomic mass is 10.0. The summed E-state index contributed by atoms with van der Waals surface area (Å²) in [4.78, 5) is 42.4. The minimum Gasteiger partial charge on any atom is -0.322 e. The van der Waals surface area contributed by atoms with Gasteiger partial charge in [-0.3, -0.25) is 14.4 Å². The Labute approximate surface area is 198 Å². The van der Waals surface area contributed by atoms with Gasteiger partial charge in [-0.1, -0.05) is 55.8 Å². The van der Waals surface area contributed by atoms with E-state index in [0.29, 0.717) is 11.6 Å². The lowest BCUT2D eigenvalue weighted by molar-refractivity contribution is -0.122. The molecule has 0 N–H and O–H groups in total. The number of rotatable bonds is 6. The summed E-state index contributed by atoms with van der Waals surface area (Å²) in [5.41, 5.74) is 3.76. The number of nitrogens with zero attached hydrogens (tertiary/aromatic N) is 2. The lowest BCUT2D eigenvalue weighted by Crippen LogP contribution is -2.45. The van der Waals surface area contributed by atoms with Crippen LogP contribution in [0, 0.1) is 12.7 Å². The van der Waals surface area contributed by atoms with Gasteiger partial charge in [0.25, 0.3) is 11.8 Å². The van der Waals surface area contributed by atoms with Gasteiger partial charge in [-0.2, -0.15) is 0 Å². The first-order chi connectivity index (χ1) is 16.2. The van der Waals surface area contributed by atoms with Gasteiger partial charge >= 0.3 is 0 Å². The fraction of sp³-hybridized carbons (Fsp3) is 0.250. The van der Waals surface area contributed by atoms with Crippen molar-refractivity contribution in [2.75, 3.05) is 4.90 Å². The second-order valence-electron chi connectivity index (χ2n) is 8.96. The maximum absolute atomic E-state index is 13.5. The van der Waals surface area contributed by atoms with Crippen molar-refractivity contribution in [3.63, 3.8) is 0 Å². The molecule has 5 nitrogen and oxygen atoms in total. The van der Waals surface area contributed by atoms with Crippen LogP contribution in [0.15, 0.2) is 72.8 Å². The smallest absolute Gasteiger partial charge is 0.257 e. The molecule has 0 spiro atoms. The Balaban J connectivity index is 1.66. The Hall–Kier alpha value is -3.80. The van der Waals surface area contributed by atoms with Crippen molar-refractivity contribution in [1.29, 1.82) is 0 Å². The summed E-state index contributed by atoms with van der Waals surface area (Å²) < 4.78 is 13.4. The standard InChI is InChI=1S/C28H27FN2O3/c1-18(2)21-10-14-24(15-11-21)31-26(32)16-25(28(31)34)30(17-20-6-4-19(3)5-7-20)27(33)22-8-12-23(29)13-9-22/h4-15,18,25H,16-17H2,1-3H3. The van der Waals surface area contributed by atoms with Gasteiger partial charge in [0.2, 0.25) is 5.91 Å². The summed E-state index contributed by atoms with van der Waals surface area (Å²) in [6, 6.07) is 19.2. The highest BCUT2D eigenvalue weighted by atomic mass is 19.1. The molecule has 1 atom stereocenters. The van der Waals surface area contributed by atoms with Gasteiger partial charge < -0.3 is 4.90 Å². The number of imide groups is 1. The number of carbonyl (C=O) groups is 3. The molecule has 0 radical (unpaired) electrons. The molecule has 1 aliphatic rings. The van der Waals surface area contributed by atoms with Crippen molar-refractivity contribution in [2.45, 2.75) is 45.7 Å². The maximum Gasteiger partial charge on any atom is 0.257 e. The van der Waals surface area contributed by atoms with E-state index in [9.17, 15) is 18.8 Å². The zero-order chi connectivity index (χ0) is 24.4. The first kappa shape index (κ1) is 23.4. The highest BCUT2D eigenvalue weighted by Gasteiger charge is 2.44. The summed E-state index contributed by atoms with van der Waals surface area (Å²) in [6.45, 7) is 6.26. The predicted octanol–water partition coefficient (Wildman–Crippen LogP) is 5.23. The van der Waals surface area contributed by atoms with E-state index in [1.807, 2.05) is 43.3 Å². The molecule has 0 bridgehead atoms. The number of anilines is 1. The van der Waals surface area contributed by atoms with Gasteiger partial charge in [-0.25, -0.2) is 9.29 Å². The summed E-state index contributed by atoms with van der Waals surface area (Å²) >= 11 is 0. The Bertz CT molecular complexity index is 1200. The number of benzene rings is 3. The zero-order valence-corrected chi connectivity index (χ0v) is 19.5. The largest absolute Gasteiger partial charge is 0.322 e. The average Bonchev–Trinajstić information content (AvgIpc) is 3.12. The van der Waals surface area contributed by atoms with Crippen LogP contribution in [0.25, 0.3) is 0 Å². The molecule has 1 unspecified atom stereocenters. The molecule has 1 heterocycles. The summed E-state index contributed by atoms with van der Waals surface area (Å²) in [7, 11) is 0. The molecule has 0 aromatic heterocycles. The van der Waals surface area contributed by atoms with Crippen molar-refractivity contribution in [1.82, 2.24) is 4.90 Å². The molecule has 4 rings (SSSR count). The number of halogens is 1. The number of hydrogen-bond acceptors (Lipinski definition) is 3. The normalized spacial score (nSPS) is 15.8. The number of aryl methyl sites for hydroxylation is 1. The van der Waals surface area contributed by atoms with Crippen molar-refractivity contribution < 1.29 is 18.8 Å². The van der Waals surface area contributed by atoms with E-state index in [-0.39, 0.29) is 24.4 Å². The van der Waals surface area contributed by atoms with Crippen LogP contribution >= 0.6 is 0 Å². The van der Waals surface area contributed by atoms with Crippen LogP contribution in [-0.2, 0) is 16.1 Å². The zero-order valence-electron chi connectivity index (χ0n) is 19.5. The molecule has 1 saturated heterocycles. The first-order valence-electron chi connectivity index (χ1n) is 11.3. The van der Waals surface area contributed by atoms with Crippen LogP contribution in [0.4, 0.5) is 10.1 Å². The molecule has 3 amide bonds. The maximum atomic E-state index is 13.5. The van der Waals surface area contributed by atoms with Gasteiger partial charge in [0.1, 0.15) is 11.9 Å². The van der Waals surface area contributed by atoms with Crippen LogP contribution < -0.4 is 4.90 Å². The van der Waals surface area contributed by atoms with E-state index >= 15 is 0 Å². The molecule has 34 heavy (non-hydrogen) atoms. The third-order valence-corrected chi connectivity index (χ3v) is 6.14. The number of amides is 3. The molecule has 0 saturated carbocycles. The monoisotopic (exact) mass is 458 g/mol. The predicted molar refractivity (Wildman–Crippen MR) is 129 cm³/mol. The summed E-state index contributed by atoms with van der Waals surface area (Å²) in [5.74, 6) is -1.35. The Kier molecular flexibility index (Phi) is 6.59. The number of carbonyl (C=O) groups excluding carboxylic acids is 3. The first-order valence-corrected chi connectivity index (χ1v) is 11.3. The minimum atomic E-state index is -0.948. The van der Waals surface area contributed by atoms with Crippen LogP contribution in [0.2, 0.25) is 0 Å². The van der Waals surface area contributed by atoms with E-state index in [1.54, 1.807) is 12.1 Å². The molecular weight excluding hydrogens is 431 g/mol. The van der Waals surface area contributed by atoms with Gasteiger partial charge in [0.15, 0.2) is 0 Å². The quantitative estimate of drug-likeness (QED) is 0.475. The number of hydrogen-bond donors (Lipinski definition) is 0. The minimum absolute atomic E-state index is 0.108. The summed E-state index contributed by atoms with van der Waals surface area (Å²) in [6.07, 6.45) is -0.108. The van der Waals surface area contributed by atoms with Crippen LogP contribution in [0.1, 0.15) is 53.2 Å². The lowest BCUT2D eigenvalue weighted by Gasteiger charge is -2.28. The second-order valence-corrected chi connectivity index (χ2v) is 8.96. The van der Waals surface area contributed by atoms with E-state index < -0.39 is 23.7 Å². The van der Waals surface area contributed by atoms with Crippen LogP contribution in [0.3, 0.4) is 0 Å². The molecule has 0 aliphatic carbocycles. The SMILES string of the molecule is Cc1ccc(CN(C(=O)c2ccc(F)cc2)C2CC(=O)N(c3ccc(C(C)C)cc3)C2=O)cc1.